The molecular formula is C14H15FN4O. The number of carbonyl (C=O) groups excluding carboxylic acids is 1. The Morgan fingerprint density at radius 1 is 1.40 bits per heavy atom. The van der Waals surface area contributed by atoms with Gasteiger partial charge < -0.3 is 15.2 Å². The van der Waals surface area contributed by atoms with Crippen LogP contribution in [0.25, 0.3) is 0 Å². The largest absolute Gasteiger partial charge is 0.399 e. The molecule has 1 aliphatic rings. The van der Waals surface area contributed by atoms with E-state index in [4.69, 9.17) is 5.73 Å². The number of hydrogen-bond donors (Lipinski definition) is 1. The number of imidazole rings is 1. The topological polar surface area (TPSA) is 64.2 Å². The molecule has 0 saturated heterocycles. The zero-order chi connectivity index (χ0) is 14.3. The molecule has 1 aromatic carbocycles. The van der Waals surface area contributed by atoms with Gasteiger partial charge in [0.2, 0.25) is 0 Å². The summed E-state index contributed by atoms with van der Waals surface area (Å²) in [4.78, 5) is 18.2. The van der Waals surface area contributed by atoms with Crippen LogP contribution in [-0.2, 0) is 13.1 Å². The summed E-state index contributed by atoms with van der Waals surface area (Å²) >= 11 is 0. The van der Waals surface area contributed by atoms with Crippen LogP contribution in [0.3, 0.4) is 0 Å². The average molecular weight is 274 g/mol. The van der Waals surface area contributed by atoms with Crippen LogP contribution in [0, 0.1) is 12.7 Å². The van der Waals surface area contributed by atoms with Gasteiger partial charge in [-0.3, -0.25) is 4.79 Å². The van der Waals surface area contributed by atoms with Crippen molar-refractivity contribution in [2.45, 2.75) is 20.0 Å². The van der Waals surface area contributed by atoms with Crippen LogP contribution in [0.15, 0.2) is 24.5 Å². The third kappa shape index (κ3) is 2.03. The van der Waals surface area contributed by atoms with Crippen molar-refractivity contribution in [2.75, 3.05) is 12.3 Å². The lowest BCUT2D eigenvalue weighted by Gasteiger charge is -2.28. The molecular weight excluding hydrogens is 259 g/mol. The highest BCUT2D eigenvalue weighted by atomic mass is 19.1. The number of amides is 1. The van der Waals surface area contributed by atoms with Gasteiger partial charge in [-0.05, 0) is 24.6 Å². The molecule has 6 heteroatoms. The Morgan fingerprint density at radius 3 is 3.00 bits per heavy atom. The normalized spacial score (nSPS) is 14.2. The van der Waals surface area contributed by atoms with E-state index in [2.05, 4.69) is 4.98 Å². The van der Waals surface area contributed by atoms with Gasteiger partial charge in [-0.1, -0.05) is 0 Å². The first-order chi connectivity index (χ1) is 9.56. The summed E-state index contributed by atoms with van der Waals surface area (Å²) in [7, 11) is 0. The minimum Gasteiger partial charge on any atom is -0.399 e. The lowest BCUT2D eigenvalue weighted by molar-refractivity contribution is 0.0702. The summed E-state index contributed by atoms with van der Waals surface area (Å²) in [5.74, 6) is -0.0316. The monoisotopic (exact) mass is 274 g/mol. The van der Waals surface area contributed by atoms with Crippen molar-refractivity contribution in [3.8, 4) is 0 Å². The van der Waals surface area contributed by atoms with Crippen LogP contribution in [0.1, 0.15) is 21.7 Å². The molecule has 0 spiro atoms. The molecule has 0 unspecified atom stereocenters. The first kappa shape index (κ1) is 12.7. The highest BCUT2D eigenvalue weighted by Crippen LogP contribution is 2.21. The molecule has 20 heavy (non-hydrogen) atoms. The molecule has 104 valence electrons. The van der Waals surface area contributed by atoms with E-state index in [1.54, 1.807) is 18.0 Å². The van der Waals surface area contributed by atoms with E-state index in [1.165, 1.54) is 12.1 Å². The lowest BCUT2D eigenvalue weighted by Crippen LogP contribution is -2.38. The lowest BCUT2D eigenvalue weighted by atomic mass is 10.1. The third-order valence-corrected chi connectivity index (χ3v) is 3.54. The molecule has 5 nitrogen and oxygen atoms in total. The number of carbonyl (C=O) groups is 1. The van der Waals surface area contributed by atoms with Crippen molar-refractivity contribution in [3.05, 3.63) is 47.3 Å². The second kappa shape index (κ2) is 4.63. The third-order valence-electron chi connectivity index (χ3n) is 3.54. The Labute approximate surface area is 115 Å². The minimum absolute atomic E-state index is 0.0301. The first-order valence-corrected chi connectivity index (χ1v) is 6.41. The first-order valence-electron chi connectivity index (χ1n) is 6.41. The predicted molar refractivity (Wildman–Crippen MR) is 72.5 cm³/mol. The average Bonchev–Trinajstić information content (AvgIpc) is 2.89. The molecule has 0 bridgehead atoms. The van der Waals surface area contributed by atoms with Crippen LogP contribution in [0.4, 0.5) is 10.1 Å². The number of halogens is 1. The van der Waals surface area contributed by atoms with Gasteiger partial charge in [-0.2, -0.15) is 0 Å². The van der Waals surface area contributed by atoms with Crippen LogP contribution in [-0.4, -0.2) is 26.9 Å². The molecule has 0 saturated carbocycles. The van der Waals surface area contributed by atoms with Crippen LogP contribution < -0.4 is 5.73 Å². The summed E-state index contributed by atoms with van der Waals surface area (Å²) in [5.41, 5.74) is 6.51. The van der Waals surface area contributed by atoms with E-state index in [0.717, 1.165) is 5.82 Å². The second-order valence-electron chi connectivity index (χ2n) is 4.96. The van der Waals surface area contributed by atoms with Gasteiger partial charge in [-0.15, -0.1) is 0 Å². The summed E-state index contributed by atoms with van der Waals surface area (Å²) in [6.07, 6.45) is 3.58. The summed E-state index contributed by atoms with van der Waals surface area (Å²) in [5, 5.41) is 0. The summed E-state index contributed by atoms with van der Waals surface area (Å²) in [6.45, 7) is 3.20. The van der Waals surface area contributed by atoms with E-state index < -0.39 is 5.82 Å². The van der Waals surface area contributed by atoms with Gasteiger partial charge in [0.25, 0.3) is 5.91 Å². The number of rotatable bonds is 1. The van der Waals surface area contributed by atoms with Gasteiger partial charge >= 0.3 is 0 Å². The van der Waals surface area contributed by atoms with Gasteiger partial charge in [0.1, 0.15) is 11.6 Å². The molecule has 0 radical (unpaired) electrons. The fourth-order valence-electron chi connectivity index (χ4n) is 2.47. The Hall–Kier alpha value is -2.37. The van der Waals surface area contributed by atoms with Crippen molar-refractivity contribution in [3.63, 3.8) is 0 Å². The number of aryl methyl sites for hydroxylation is 1. The molecule has 0 aliphatic carbocycles. The Balaban J connectivity index is 1.91. The molecule has 2 N–H and O–H groups in total. The Bertz CT molecular complexity index is 680. The van der Waals surface area contributed by atoms with Gasteiger partial charge in [0, 0.05) is 31.2 Å². The zero-order valence-electron chi connectivity index (χ0n) is 11.1. The minimum atomic E-state index is -0.502. The zero-order valence-corrected chi connectivity index (χ0v) is 11.1. The molecule has 1 aromatic heterocycles. The smallest absolute Gasteiger partial charge is 0.257 e. The summed E-state index contributed by atoms with van der Waals surface area (Å²) in [6, 6.07) is 2.92. The second-order valence-corrected chi connectivity index (χ2v) is 4.96. The quantitative estimate of drug-likeness (QED) is 0.803. The van der Waals surface area contributed by atoms with Crippen LogP contribution >= 0.6 is 0 Å². The number of hydrogen-bond acceptors (Lipinski definition) is 3. The standard InChI is InChI=1S/C14H15FN4O/c1-9-6-10(16)7-11(13(9)15)14(20)19-5-4-18-3-2-17-12(18)8-19/h2-3,6-7H,4-5,8,16H2,1H3. The maximum atomic E-state index is 14.1. The predicted octanol–water partition coefficient (Wildman–Crippen LogP) is 1.57. The van der Waals surface area contributed by atoms with Crippen molar-refractivity contribution >= 4 is 11.6 Å². The fourth-order valence-corrected chi connectivity index (χ4v) is 2.47. The van der Waals surface area contributed by atoms with E-state index in [9.17, 15) is 9.18 Å². The van der Waals surface area contributed by atoms with E-state index in [1.807, 2.05) is 10.8 Å². The maximum Gasteiger partial charge on any atom is 0.257 e. The molecule has 2 heterocycles. The van der Waals surface area contributed by atoms with Gasteiger partial charge in [0.15, 0.2) is 0 Å². The fraction of sp³-hybridized carbons (Fsp3) is 0.286. The summed E-state index contributed by atoms with van der Waals surface area (Å²) < 4.78 is 16.1. The van der Waals surface area contributed by atoms with Crippen molar-refractivity contribution < 1.29 is 9.18 Å². The molecule has 0 atom stereocenters. The van der Waals surface area contributed by atoms with E-state index >= 15 is 0 Å². The Morgan fingerprint density at radius 2 is 2.20 bits per heavy atom. The highest BCUT2D eigenvalue weighted by molar-refractivity contribution is 5.95. The number of anilines is 1. The van der Waals surface area contributed by atoms with E-state index in [0.29, 0.717) is 30.9 Å². The van der Waals surface area contributed by atoms with Crippen molar-refractivity contribution in [1.29, 1.82) is 0 Å². The maximum absolute atomic E-state index is 14.1. The highest BCUT2D eigenvalue weighted by Gasteiger charge is 2.25. The molecule has 2 aromatic rings. The molecule has 1 amide bonds. The SMILES string of the molecule is Cc1cc(N)cc(C(=O)N2CCn3ccnc3C2)c1F. The van der Waals surface area contributed by atoms with Gasteiger partial charge in [-0.25, -0.2) is 9.37 Å². The number of benzene rings is 1. The van der Waals surface area contributed by atoms with Crippen molar-refractivity contribution in [1.82, 2.24) is 14.5 Å². The Kier molecular flexibility index (Phi) is 2.93. The van der Waals surface area contributed by atoms with Crippen molar-refractivity contribution in [2.24, 2.45) is 0 Å². The van der Waals surface area contributed by atoms with Crippen LogP contribution in [0.2, 0.25) is 0 Å². The molecule has 0 fully saturated rings. The molecule has 1 aliphatic heterocycles. The number of nitrogens with two attached hydrogens (primary N) is 1. The number of nitrogens with zero attached hydrogens (tertiary/aromatic N) is 3. The number of fused-ring (bicyclic) bond motifs is 1. The van der Waals surface area contributed by atoms with Gasteiger partial charge in [0.05, 0.1) is 12.1 Å². The van der Waals surface area contributed by atoms with E-state index in [-0.39, 0.29) is 11.5 Å². The van der Waals surface area contributed by atoms with Crippen LogP contribution in [0.5, 0.6) is 0 Å². The number of nitrogen functional groups attached to an aromatic ring is 1. The molecule has 3 rings (SSSR count). The number of aromatic nitrogens is 2.